The molecule has 33 heavy (non-hydrogen) atoms. The van der Waals surface area contributed by atoms with E-state index < -0.39 is 10.2 Å². The van der Waals surface area contributed by atoms with Gasteiger partial charge >= 0.3 is 10.2 Å². The van der Waals surface area contributed by atoms with E-state index in [1.807, 2.05) is 4.90 Å². The first-order chi connectivity index (χ1) is 15.7. The predicted molar refractivity (Wildman–Crippen MR) is 131 cm³/mol. The first-order valence-electron chi connectivity index (χ1n) is 10.3. The summed E-state index contributed by atoms with van der Waals surface area (Å²) in [7, 11) is -3.86. The van der Waals surface area contributed by atoms with Crippen molar-refractivity contribution in [3.8, 4) is 5.75 Å². The Balaban J connectivity index is 1.55. The molecule has 1 aliphatic rings. The molecule has 0 amide bonds. The van der Waals surface area contributed by atoms with Crippen molar-refractivity contribution in [2.24, 2.45) is 0 Å². The van der Waals surface area contributed by atoms with E-state index in [0.717, 1.165) is 17.4 Å². The molecule has 0 atom stereocenters. The van der Waals surface area contributed by atoms with Gasteiger partial charge in [0.15, 0.2) is 0 Å². The highest BCUT2D eigenvalue weighted by atomic mass is 32.2. The second-order valence-electron chi connectivity index (χ2n) is 7.64. The van der Waals surface area contributed by atoms with E-state index >= 15 is 0 Å². The minimum absolute atomic E-state index is 0.0210. The average Bonchev–Trinajstić information content (AvgIpc) is 2.80. The number of rotatable bonds is 7. The van der Waals surface area contributed by atoms with Gasteiger partial charge in [-0.2, -0.15) is 12.7 Å². The average molecular weight is 490 g/mol. The summed E-state index contributed by atoms with van der Waals surface area (Å²) in [4.78, 5) is 2.44. The molecule has 0 saturated carbocycles. The van der Waals surface area contributed by atoms with Crippen LogP contribution in [0.25, 0.3) is 10.8 Å². The number of thioether (sulfide) groups is 1. The van der Waals surface area contributed by atoms with Crippen LogP contribution in [-0.4, -0.2) is 54.9 Å². The summed E-state index contributed by atoms with van der Waals surface area (Å²) < 4.78 is 43.6. The summed E-state index contributed by atoms with van der Waals surface area (Å²) in [5.74, 6) is -0.170. The smallest absolute Gasteiger partial charge is 0.301 e. The van der Waals surface area contributed by atoms with Crippen LogP contribution in [0.1, 0.15) is 0 Å². The van der Waals surface area contributed by atoms with Gasteiger partial charge in [0.2, 0.25) is 0 Å². The molecule has 4 rings (SSSR count). The van der Waals surface area contributed by atoms with E-state index in [1.165, 1.54) is 16.4 Å². The molecule has 1 saturated heterocycles. The number of aliphatic hydroxyl groups excluding tert-OH is 1. The third kappa shape index (κ3) is 5.18. The van der Waals surface area contributed by atoms with E-state index in [4.69, 9.17) is 0 Å². The number of aromatic hydroxyl groups is 1. The second kappa shape index (κ2) is 9.50. The Bertz CT molecular complexity index is 1270. The van der Waals surface area contributed by atoms with Crippen LogP contribution in [0, 0.1) is 5.82 Å². The summed E-state index contributed by atoms with van der Waals surface area (Å²) in [5.41, 5.74) is 1.19. The lowest BCUT2D eigenvalue weighted by molar-refractivity contribution is 0.387. The molecule has 10 heteroatoms. The lowest BCUT2D eigenvalue weighted by Crippen LogP contribution is -2.50. The fraction of sp³-hybridized carbons (Fsp3) is 0.217. The quantitative estimate of drug-likeness (QED) is 0.260. The van der Waals surface area contributed by atoms with Gasteiger partial charge < -0.3 is 15.1 Å². The Morgan fingerprint density at radius 1 is 1.06 bits per heavy atom. The summed E-state index contributed by atoms with van der Waals surface area (Å²) in [5, 5.41) is 21.1. The SMILES string of the molecule is C=C(O)CSc1cc(NS(=O)(=O)N2CCN(c3ccc(F)cc3)CC2)c2ccccc2c1O. The number of anilines is 2. The Morgan fingerprint density at radius 3 is 2.33 bits per heavy atom. The Hall–Kier alpha value is -2.95. The zero-order valence-electron chi connectivity index (χ0n) is 17.7. The van der Waals surface area contributed by atoms with Gasteiger partial charge in [-0.1, -0.05) is 30.8 Å². The Labute approximate surface area is 196 Å². The third-order valence-electron chi connectivity index (χ3n) is 5.38. The molecular weight excluding hydrogens is 465 g/mol. The molecule has 0 aliphatic carbocycles. The van der Waals surface area contributed by atoms with E-state index in [2.05, 4.69) is 11.3 Å². The first-order valence-corrected chi connectivity index (χ1v) is 12.7. The summed E-state index contributed by atoms with van der Waals surface area (Å²) in [6.07, 6.45) is 0. The first kappa shape index (κ1) is 23.2. The highest BCUT2D eigenvalue weighted by Crippen LogP contribution is 2.40. The van der Waals surface area contributed by atoms with Crippen molar-refractivity contribution in [2.75, 3.05) is 41.6 Å². The van der Waals surface area contributed by atoms with Crippen LogP contribution in [0.5, 0.6) is 5.75 Å². The van der Waals surface area contributed by atoms with Gasteiger partial charge in [-0.3, -0.25) is 4.72 Å². The summed E-state index contributed by atoms with van der Waals surface area (Å²) >= 11 is 1.16. The fourth-order valence-electron chi connectivity index (χ4n) is 3.73. The van der Waals surface area contributed by atoms with Crippen LogP contribution >= 0.6 is 11.8 Å². The molecule has 0 bridgehead atoms. The van der Waals surface area contributed by atoms with Crippen molar-refractivity contribution in [2.45, 2.75) is 4.90 Å². The fourth-order valence-corrected chi connectivity index (χ4v) is 5.72. The van der Waals surface area contributed by atoms with Crippen molar-refractivity contribution in [1.82, 2.24) is 4.31 Å². The molecular formula is C23H24FN3O4S2. The topological polar surface area (TPSA) is 93.1 Å². The minimum Gasteiger partial charge on any atom is -0.512 e. The number of nitrogens with zero attached hydrogens (tertiary/aromatic N) is 2. The van der Waals surface area contributed by atoms with E-state index in [0.29, 0.717) is 34.4 Å². The van der Waals surface area contributed by atoms with Crippen molar-refractivity contribution in [3.05, 3.63) is 72.8 Å². The molecule has 0 unspecified atom stereocenters. The molecule has 0 radical (unpaired) electrons. The van der Waals surface area contributed by atoms with E-state index in [9.17, 15) is 23.0 Å². The van der Waals surface area contributed by atoms with Crippen LogP contribution in [0.4, 0.5) is 15.8 Å². The predicted octanol–water partition coefficient (Wildman–Crippen LogP) is 4.33. The Morgan fingerprint density at radius 2 is 1.70 bits per heavy atom. The zero-order chi connectivity index (χ0) is 23.6. The number of halogens is 1. The minimum atomic E-state index is -3.86. The molecule has 1 heterocycles. The number of aliphatic hydroxyl groups is 1. The maximum absolute atomic E-state index is 13.2. The molecule has 1 fully saturated rings. The van der Waals surface area contributed by atoms with Crippen LogP contribution in [-0.2, 0) is 10.2 Å². The highest BCUT2D eigenvalue weighted by Gasteiger charge is 2.28. The number of piperazine rings is 1. The number of phenolic OH excluding ortho intramolecular Hbond substituents is 1. The summed E-state index contributed by atoms with van der Waals surface area (Å²) in [6.45, 7) is 4.94. The van der Waals surface area contributed by atoms with Crippen LogP contribution in [0.2, 0.25) is 0 Å². The van der Waals surface area contributed by atoms with Gasteiger partial charge in [-0.15, -0.1) is 11.8 Å². The second-order valence-corrected chi connectivity index (χ2v) is 10.3. The molecule has 3 N–H and O–H groups in total. The molecule has 3 aromatic carbocycles. The standard InChI is InChI=1S/C23H24FN3O4S2/c1-16(28)15-32-22-14-21(19-4-2-3-5-20(19)23(22)29)25-33(30,31)27-12-10-26(11-13-27)18-8-6-17(24)7-9-18/h2-9,14,25,28-29H,1,10-13,15H2. The van der Waals surface area contributed by atoms with Gasteiger partial charge in [-0.05, 0) is 30.3 Å². The molecule has 3 aromatic rings. The molecule has 0 spiro atoms. The van der Waals surface area contributed by atoms with Gasteiger partial charge in [0.05, 0.1) is 22.1 Å². The lowest BCUT2D eigenvalue weighted by Gasteiger charge is -2.35. The molecule has 0 aromatic heterocycles. The third-order valence-corrected chi connectivity index (χ3v) is 8.01. The number of nitrogens with one attached hydrogen (secondary N) is 1. The van der Waals surface area contributed by atoms with Crippen LogP contribution in [0.3, 0.4) is 0 Å². The van der Waals surface area contributed by atoms with Gasteiger partial charge in [0.1, 0.15) is 11.6 Å². The number of hydrogen-bond acceptors (Lipinski definition) is 6. The maximum Gasteiger partial charge on any atom is 0.301 e. The molecule has 7 nitrogen and oxygen atoms in total. The highest BCUT2D eigenvalue weighted by molar-refractivity contribution is 7.99. The number of hydrogen-bond donors (Lipinski definition) is 3. The van der Waals surface area contributed by atoms with Gasteiger partial charge in [-0.25, -0.2) is 4.39 Å². The normalized spacial score (nSPS) is 15.0. The monoisotopic (exact) mass is 489 g/mol. The van der Waals surface area contributed by atoms with Crippen LogP contribution in [0.15, 0.2) is 71.8 Å². The molecule has 1 aliphatic heterocycles. The maximum atomic E-state index is 13.2. The largest absolute Gasteiger partial charge is 0.512 e. The Kier molecular flexibility index (Phi) is 6.68. The van der Waals surface area contributed by atoms with Crippen molar-refractivity contribution in [1.29, 1.82) is 0 Å². The summed E-state index contributed by atoms with van der Waals surface area (Å²) in [6, 6.07) is 14.7. The van der Waals surface area contributed by atoms with E-state index in [-0.39, 0.29) is 36.2 Å². The van der Waals surface area contributed by atoms with Crippen molar-refractivity contribution in [3.63, 3.8) is 0 Å². The zero-order valence-corrected chi connectivity index (χ0v) is 19.4. The number of fused-ring (bicyclic) bond motifs is 1. The van der Waals surface area contributed by atoms with Crippen molar-refractivity contribution >= 4 is 44.1 Å². The lowest BCUT2D eigenvalue weighted by atomic mass is 10.1. The van der Waals surface area contributed by atoms with Crippen molar-refractivity contribution < 1.29 is 23.0 Å². The number of phenols is 1. The molecule has 174 valence electrons. The van der Waals surface area contributed by atoms with E-state index in [1.54, 1.807) is 42.5 Å². The van der Waals surface area contributed by atoms with Gasteiger partial charge in [0.25, 0.3) is 0 Å². The van der Waals surface area contributed by atoms with Gasteiger partial charge in [0, 0.05) is 42.6 Å². The van der Waals surface area contributed by atoms with Crippen LogP contribution < -0.4 is 9.62 Å². The number of benzene rings is 3.